The fourth-order valence-corrected chi connectivity index (χ4v) is 4.68. The molecule has 30 heavy (non-hydrogen) atoms. The summed E-state index contributed by atoms with van der Waals surface area (Å²) in [6.07, 6.45) is 10.1. The quantitative estimate of drug-likeness (QED) is 0.462. The Balaban J connectivity index is 1.41. The molecule has 0 fully saturated rings. The van der Waals surface area contributed by atoms with Gasteiger partial charge < -0.3 is 9.30 Å². The van der Waals surface area contributed by atoms with Crippen LogP contribution in [0.25, 0.3) is 17.8 Å². The summed E-state index contributed by atoms with van der Waals surface area (Å²) in [6.45, 7) is 2.91. The fraction of sp³-hybridized carbons (Fsp3) is 0.261. The topological polar surface area (TPSA) is 57.8 Å². The van der Waals surface area contributed by atoms with Crippen molar-refractivity contribution in [3.8, 4) is 11.4 Å². The maximum atomic E-state index is 5.61. The first kappa shape index (κ1) is 18.8. The van der Waals surface area contributed by atoms with Gasteiger partial charge in [0, 0.05) is 18.7 Å². The molecule has 0 amide bonds. The van der Waals surface area contributed by atoms with E-state index in [0.29, 0.717) is 5.92 Å². The number of aryl methyl sites for hydroxylation is 2. The second-order valence-corrected chi connectivity index (χ2v) is 8.27. The Kier molecular flexibility index (Phi) is 4.96. The average Bonchev–Trinajstić information content (AvgIpc) is 3.52. The maximum Gasteiger partial charge on any atom is 0.174 e. The van der Waals surface area contributed by atoms with Crippen LogP contribution in [0.5, 0.6) is 5.75 Å². The minimum Gasteiger partial charge on any atom is -0.495 e. The van der Waals surface area contributed by atoms with E-state index in [0.717, 1.165) is 53.7 Å². The third kappa shape index (κ3) is 3.57. The van der Waals surface area contributed by atoms with Crippen LogP contribution in [0, 0.1) is 6.92 Å². The lowest BCUT2D eigenvalue weighted by Gasteiger charge is -2.21. The van der Waals surface area contributed by atoms with E-state index < -0.39 is 0 Å². The molecule has 0 saturated heterocycles. The third-order valence-electron chi connectivity index (χ3n) is 5.46. The van der Waals surface area contributed by atoms with Crippen molar-refractivity contribution in [2.24, 2.45) is 0 Å². The molecular weight excluding hydrogens is 394 g/mol. The van der Waals surface area contributed by atoms with Crippen LogP contribution >= 0.6 is 11.3 Å². The number of hydrogen-bond donors (Lipinski definition) is 0. The Hall–Kier alpha value is -3.19. The predicted molar refractivity (Wildman–Crippen MR) is 119 cm³/mol. The number of nitrogens with zero attached hydrogens (tertiary/aromatic N) is 5. The Labute approximate surface area is 179 Å². The van der Waals surface area contributed by atoms with E-state index in [1.54, 1.807) is 24.8 Å². The molecular formula is C23H23N5OS. The summed E-state index contributed by atoms with van der Waals surface area (Å²) in [5.41, 5.74) is 4.31. The van der Waals surface area contributed by atoms with Gasteiger partial charge in [0.1, 0.15) is 11.6 Å². The molecule has 0 radical (unpaired) electrons. The molecule has 0 spiro atoms. The second kappa shape index (κ2) is 7.91. The number of ether oxygens (including phenoxy) is 1. The number of rotatable bonds is 5. The molecule has 4 aromatic rings. The van der Waals surface area contributed by atoms with E-state index in [-0.39, 0.29) is 0 Å². The van der Waals surface area contributed by atoms with Gasteiger partial charge in [-0.2, -0.15) is 16.4 Å². The number of hydrogen-bond acceptors (Lipinski definition) is 5. The van der Waals surface area contributed by atoms with E-state index in [4.69, 9.17) is 14.8 Å². The molecule has 6 nitrogen and oxygen atoms in total. The standard InChI is InChI=1S/C23H23N5OS/c1-16-13-27(15-24-16)20-7-5-17(12-21(20)29-2)6-8-22-25-23-19(18-9-11-30-14-18)4-3-10-28(23)26-22/h5-9,11-15,19H,3-4,10H2,1-2H3/b8-6+/t19-/m1/s1. The Bertz CT molecular complexity index is 1190. The Morgan fingerprint density at radius 1 is 1.23 bits per heavy atom. The number of thiophene rings is 1. The molecule has 1 aliphatic heterocycles. The highest BCUT2D eigenvalue weighted by atomic mass is 32.1. The number of methoxy groups -OCH3 is 1. The van der Waals surface area contributed by atoms with Gasteiger partial charge in [-0.05, 0) is 65.9 Å². The van der Waals surface area contributed by atoms with Crippen molar-refractivity contribution in [1.82, 2.24) is 24.3 Å². The van der Waals surface area contributed by atoms with E-state index in [9.17, 15) is 0 Å². The first-order chi connectivity index (χ1) is 14.7. The molecule has 0 aliphatic carbocycles. The van der Waals surface area contributed by atoms with Gasteiger partial charge in [0.2, 0.25) is 0 Å². The summed E-state index contributed by atoms with van der Waals surface area (Å²) in [5, 5.41) is 9.07. The molecule has 1 aromatic carbocycles. The predicted octanol–water partition coefficient (Wildman–Crippen LogP) is 4.94. The van der Waals surface area contributed by atoms with Crippen LogP contribution in [-0.2, 0) is 6.54 Å². The summed E-state index contributed by atoms with van der Waals surface area (Å²) in [7, 11) is 1.69. The molecule has 0 N–H and O–H groups in total. The fourth-order valence-electron chi connectivity index (χ4n) is 3.96. The molecule has 0 saturated carbocycles. The van der Waals surface area contributed by atoms with Crippen LogP contribution in [0.1, 0.15) is 47.2 Å². The molecule has 5 rings (SSSR count). The van der Waals surface area contributed by atoms with Crippen LogP contribution in [0.3, 0.4) is 0 Å². The van der Waals surface area contributed by atoms with E-state index in [1.807, 2.05) is 42.0 Å². The monoisotopic (exact) mass is 417 g/mol. The molecule has 3 aromatic heterocycles. The number of benzene rings is 1. The summed E-state index contributed by atoms with van der Waals surface area (Å²) >= 11 is 1.74. The summed E-state index contributed by atoms with van der Waals surface area (Å²) in [6, 6.07) is 8.32. The lowest BCUT2D eigenvalue weighted by Crippen LogP contribution is -2.17. The minimum absolute atomic E-state index is 0.345. The highest BCUT2D eigenvalue weighted by Gasteiger charge is 2.25. The summed E-state index contributed by atoms with van der Waals surface area (Å²) < 4.78 is 9.64. The molecule has 1 aliphatic rings. The van der Waals surface area contributed by atoms with Gasteiger partial charge in [0.05, 0.1) is 24.8 Å². The lowest BCUT2D eigenvalue weighted by atomic mass is 9.93. The van der Waals surface area contributed by atoms with Crippen molar-refractivity contribution >= 4 is 23.5 Å². The highest BCUT2D eigenvalue weighted by molar-refractivity contribution is 7.08. The highest BCUT2D eigenvalue weighted by Crippen LogP contribution is 2.33. The molecule has 0 unspecified atom stereocenters. The maximum absolute atomic E-state index is 5.61. The van der Waals surface area contributed by atoms with Crippen LogP contribution in [-0.4, -0.2) is 31.4 Å². The first-order valence-electron chi connectivity index (χ1n) is 10.0. The van der Waals surface area contributed by atoms with Crippen molar-refractivity contribution < 1.29 is 4.74 Å². The van der Waals surface area contributed by atoms with Gasteiger partial charge in [0.15, 0.2) is 5.82 Å². The number of aromatic nitrogens is 5. The molecule has 0 bridgehead atoms. The van der Waals surface area contributed by atoms with Crippen molar-refractivity contribution in [2.45, 2.75) is 32.2 Å². The van der Waals surface area contributed by atoms with E-state index >= 15 is 0 Å². The van der Waals surface area contributed by atoms with Gasteiger partial charge in [-0.25, -0.2) is 14.6 Å². The minimum atomic E-state index is 0.345. The van der Waals surface area contributed by atoms with E-state index in [1.165, 1.54) is 5.56 Å². The van der Waals surface area contributed by atoms with Crippen LogP contribution in [0.15, 0.2) is 47.5 Å². The van der Waals surface area contributed by atoms with Gasteiger partial charge in [-0.3, -0.25) is 0 Å². The lowest BCUT2D eigenvalue weighted by molar-refractivity contribution is 0.413. The van der Waals surface area contributed by atoms with Crippen molar-refractivity contribution in [2.75, 3.05) is 7.11 Å². The zero-order valence-corrected chi connectivity index (χ0v) is 17.8. The largest absolute Gasteiger partial charge is 0.495 e. The molecule has 1 atom stereocenters. The van der Waals surface area contributed by atoms with Crippen molar-refractivity contribution in [3.63, 3.8) is 0 Å². The number of fused-ring (bicyclic) bond motifs is 1. The first-order valence-corrected chi connectivity index (χ1v) is 11.0. The van der Waals surface area contributed by atoms with Gasteiger partial charge >= 0.3 is 0 Å². The van der Waals surface area contributed by atoms with E-state index in [2.05, 4.69) is 32.6 Å². The van der Waals surface area contributed by atoms with Crippen LogP contribution < -0.4 is 4.74 Å². The molecule has 152 valence electrons. The Morgan fingerprint density at radius 3 is 2.93 bits per heavy atom. The molecule has 4 heterocycles. The summed E-state index contributed by atoms with van der Waals surface area (Å²) in [5.74, 6) is 2.96. The third-order valence-corrected chi connectivity index (χ3v) is 6.16. The summed E-state index contributed by atoms with van der Waals surface area (Å²) in [4.78, 5) is 9.14. The van der Waals surface area contributed by atoms with Gasteiger partial charge in [-0.1, -0.05) is 12.1 Å². The van der Waals surface area contributed by atoms with Crippen LogP contribution in [0.4, 0.5) is 0 Å². The zero-order chi connectivity index (χ0) is 20.5. The average molecular weight is 418 g/mol. The van der Waals surface area contributed by atoms with Crippen molar-refractivity contribution in [1.29, 1.82) is 0 Å². The smallest absolute Gasteiger partial charge is 0.174 e. The second-order valence-electron chi connectivity index (χ2n) is 7.49. The SMILES string of the molecule is COc1cc(/C=C/c2nc3n(n2)CCC[C@@H]3c2ccsc2)ccc1-n1cnc(C)c1. The normalized spacial score (nSPS) is 16.1. The van der Waals surface area contributed by atoms with Crippen LogP contribution in [0.2, 0.25) is 0 Å². The van der Waals surface area contributed by atoms with Gasteiger partial charge in [0.25, 0.3) is 0 Å². The molecule has 7 heteroatoms. The zero-order valence-electron chi connectivity index (χ0n) is 17.0. The Morgan fingerprint density at radius 2 is 2.17 bits per heavy atom. The van der Waals surface area contributed by atoms with Crippen molar-refractivity contribution in [3.05, 3.63) is 76.0 Å². The van der Waals surface area contributed by atoms with Gasteiger partial charge in [-0.15, -0.1) is 0 Å². The number of imidazole rings is 1.